The summed E-state index contributed by atoms with van der Waals surface area (Å²) in [6, 6.07) is 9.14. The number of rotatable bonds is 1. The standard InChI is InChI=1S/C15H12ClN3O2/c16-8-2-1-3-9(17)14(8)15-18-10-6-12-13(7-11(10)19-15)21-5-4-20-12/h1-3,6-7H,4-5,17H2,(H,18,19). The van der Waals surface area contributed by atoms with Gasteiger partial charge in [-0.25, -0.2) is 4.98 Å². The summed E-state index contributed by atoms with van der Waals surface area (Å²) in [4.78, 5) is 7.79. The number of nitrogens with two attached hydrogens (primary N) is 1. The summed E-state index contributed by atoms with van der Waals surface area (Å²) in [7, 11) is 0. The molecule has 0 bridgehead atoms. The van der Waals surface area contributed by atoms with Crippen molar-refractivity contribution in [1.82, 2.24) is 9.97 Å². The molecule has 3 N–H and O–H groups in total. The smallest absolute Gasteiger partial charge is 0.163 e. The van der Waals surface area contributed by atoms with E-state index in [1.54, 1.807) is 12.1 Å². The average molecular weight is 302 g/mol. The van der Waals surface area contributed by atoms with Crippen molar-refractivity contribution >= 4 is 28.3 Å². The zero-order valence-electron chi connectivity index (χ0n) is 11.0. The van der Waals surface area contributed by atoms with Gasteiger partial charge in [-0.05, 0) is 12.1 Å². The molecule has 5 nitrogen and oxygen atoms in total. The molecule has 0 radical (unpaired) electrons. The normalized spacial score (nSPS) is 13.6. The first-order valence-corrected chi connectivity index (χ1v) is 6.94. The van der Waals surface area contributed by atoms with Crippen molar-refractivity contribution in [2.45, 2.75) is 0 Å². The van der Waals surface area contributed by atoms with Crippen LogP contribution in [-0.2, 0) is 0 Å². The number of nitrogen functional groups attached to an aromatic ring is 1. The summed E-state index contributed by atoms with van der Waals surface area (Å²) < 4.78 is 11.1. The van der Waals surface area contributed by atoms with E-state index in [-0.39, 0.29) is 0 Å². The summed E-state index contributed by atoms with van der Waals surface area (Å²) in [6.45, 7) is 1.10. The first-order valence-electron chi connectivity index (χ1n) is 6.56. The predicted molar refractivity (Wildman–Crippen MR) is 81.9 cm³/mol. The summed E-state index contributed by atoms with van der Waals surface area (Å²) in [5, 5.41) is 0.561. The van der Waals surface area contributed by atoms with Crippen molar-refractivity contribution in [3.8, 4) is 22.9 Å². The molecule has 6 heteroatoms. The minimum Gasteiger partial charge on any atom is -0.486 e. The van der Waals surface area contributed by atoms with Crippen molar-refractivity contribution in [3.05, 3.63) is 35.4 Å². The van der Waals surface area contributed by atoms with Crippen LogP contribution in [0.5, 0.6) is 11.5 Å². The topological polar surface area (TPSA) is 73.2 Å². The molecule has 1 aliphatic rings. The Morgan fingerprint density at radius 3 is 2.67 bits per heavy atom. The van der Waals surface area contributed by atoms with Gasteiger partial charge in [0, 0.05) is 17.8 Å². The van der Waals surface area contributed by atoms with Crippen LogP contribution in [0.1, 0.15) is 0 Å². The van der Waals surface area contributed by atoms with Crippen LogP contribution in [0.3, 0.4) is 0 Å². The van der Waals surface area contributed by atoms with Crippen LogP contribution in [0.2, 0.25) is 5.02 Å². The first-order chi connectivity index (χ1) is 10.2. The van der Waals surface area contributed by atoms with Gasteiger partial charge in [0.2, 0.25) is 0 Å². The van der Waals surface area contributed by atoms with E-state index >= 15 is 0 Å². The molecule has 4 rings (SSSR count). The highest BCUT2D eigenvalue weighted by Gasteiger charge is 2.17. The van der Waals surface area contributed by atoms with Gasteiger partial charge in [0.15, 0.2) is 11.5 Å². The van der Waals surface area contributed by atoms with Gasteiger partial charge < -0.3 is 20.2 Å². The Morgan fingerprint density at radius 2 is 1.90 bits per heavy atom. The molecule has 1 aromatic heterocycles. The minimum absolute atomic E-state index is 0.549. The number of aromatic nitrogens is 2. The molecule has 21 heavy (non-hydrogen) atoms. The third-order valence-electron chi connectivity index (χ3n) is 3.43. The number of anilines is 1. The number of fused-ring (bicyclic) bond motifs is 2. The van der Waals surface area contributed by atoms with Crippen LogP contribution in [-0.4, -0.2) is 23.2 Å². The fourth-order valence-corrected chi connectivity index (χ4v) is 2.73. The molecule has 0 atom stereocenters. The SMILES string of the molecule is Nc1cccc(Cl)c1-c1nc2cc3c(cc2[nH]1)OCCO3. The van der Waals surface area contributed by atoms with E-state index in [1.807, 2.05) is 18.2 Å². The van der Waals surface area contributed by atoms with Gasteiger partial charge in [-0.3, -0.25) is 0 Å². The van der Waals surface area contributed by atoms with E-state index in [2.05, 4.69) is 9.97 Å². The number of aromatic amines is 1. The number of imidazole rings is 1. The highest BCUT2D eigenvalue weighted by atomic mass is 35.5. The molecule has 106 valence electrons. The third kappa shape index (κ3) is 1.97. The van der Waals surface area contributed by atoms with Gasteiger partial charge in [-0.1, -0.05) is 17.7 Å². The Hall–Kier alpha value is -2.40. The van der Waals surface area contributed by atoms with Crippen LogP contribution < -0.4 is 15.2 Å². The number of hydrogen-bond donors (Lipinski definition) is 2. The Morgan fingerprint density at radius 1 is 1.14 bits per heavy atom. The van der Waals surface area contributed by atoms with Crippen molar-refractivity contribution in [3.63, 3.8) is 0 Å². The molecule has 0 saturated heterocycles. The summed E-state index contributed by atoms with van der Waals surface area (Å²) in [6.07, 6.45) is 0. The van der Waals surface area contributed by atoms with Gasteiger partial charge in [0.25, 0.3) is 0 Å². The lowest BCUT2D eigenvalue weighted by molar-refractivity contribution is 0.172. The lowest BCUT2D eigenvalue weighted by Crippen LogP contribution is -2.15. The second kappa shape index (κ2) is 4.56. The highest BCUT2D eigenvalue weighted by molar-refractivity contribution is 6.33. The lowest BCUT2D eigenvalue weighted by Gasteiger charge is -2.17. The van der Waals surface area contributed by atoms with E-state index < -0.39 is 0 Å². The average Bonchev–Trinajstić information content (AvgIpc) is 2.86. The Labute approximate surface area is 125 Å². The van der Waals surface area contributed by atoms with E-state index in [9.17, 15) is 0 Å². The summed E-state index contributed by atoms with van der Waals surface area (Å²) in [5.41, 5.74) is 8.93. The number of benzene rings is 2. The number of nitrogens with one attached hydrogen (secondary N) is 1. The maximum atomic E-state index is 6.23. The number of ether oxygens (including phenoxy) is 2. The molecule has 0 saturated carbocycles. The third-order valence-corrected chi connectivity index (χ3v) is 3.74. The van der Waals surface area contributed by atoms with E-state index in [0.717, 1.165) is 16.8 Å². The molecule has 3 aromatic rings. The van der Waals surface area contributed by atoms with E-state index in [4.69, 9.17) is 26.8 Å². The Balaban J connectivity index is 1.91. The quantitative estimate of drug-likeness (QED) is 0.677. The number of H-pyrrole nitrogens is 1. The van der Waals surface area contributed by atoms with Gasteiger partial charge in [0.1, 0.15) is 19.0 Å². The van der Waals surface area contributed by atoms with Gasteiger partial charge in [-0.15, -0.1) is 0 Å². The summed E-state index contributed by atoms with van der Waals surface area (Å²) in [5.74, 6) is 2.06. The first kappa shape index (κ1) is 12.3. The van der Waals surface area contributed by atoms with Crippen molar-refractivity contribution in [2.75, 3.05) is 18.9 Å². The van der Waals surface area contributed by atoms with Crippen molar-refractivity contribution in [1.29, 1.82) is 0 Å². The van der Waals surface area contributed by atoms with Gasteiger partial charge in [0.05, 0.1) is 21.6 Å². The number of nitrogens with zero attached hydrogens (tertiary/aromatic N) is 1. The van der Waals surface area contributed by atoms with Crippen LogP contribution in [0, 0.1) is 0 Å². The van der Waals surface area contributed by atoms with Crippen LogP contribution in [0.25, 0.3) is 22.4 Å². The molecular weight excluding hydrogens is 290 g/mol. The fourth-order valence-electron chi connectivity index (χ4n) is 2.46. The molecule has 0 amide bonds. The van der Waals surface area contributed by atoms with Crippen LogP contribution in [0.15, 0.2) is 30.3 Å². The molecule has 0 spiro atoms. The minimum atomic E-state index is 0.549. The Kier molecular flexibility index (Phi) is 2.68. The number of hydrogen-bond acceptors (Lipinski definition) is 4. The lowest BCUT2D eigenvalue weighted by atomic mass is 10.2. The second-order valence-corrected chi connectivity index (χ2v) is 5.21. The summed E-state index contributed by atoms with van der Waals surface area (Å²) >= 11 is 6.23. The second-order valence-electron chi connectivity index (χ2n) is 4.80. The zero-order valence-corrected chi connectivity index (χ0v) is 11.8. The van der Waals surface area contributed by atoms with Crippen LogP contribution >= 0.6 is 11.6 Å². The molecular formula is C15H12ClN3O2. The Bertz CT molecular complexity index is 781. The maximum Gasteiger partial charge on any atom is 0.163 e. The molecule has 2 aromatic carbocycles. The monoisotopic (exact) mass is 301 g/mol. The molecule has 0 fully saturated rings. The largest absolute Gasteiger partial charge is 0.486 e. The highest BCUT2D eigenvalue weighted by Crippen LogP contribution is 2.37. The maximum absolute atomic E-state index is 6.23. The fraction of sp³-hybridized carbons (Fsp3) is 0.133. The molecule has 0 unspecified atom stereocenters. The number of halogens is 1. The van der Waals surface area contributed by atoms with Crippen molar-refractivity contribution < 1.29 is 9.47 Å². The van der Waals surface area contributed by atoms with Gasteiger partial charge in [-0.2, -0.15) is 0 Å². The predicted octanol–water partition coefficient (Wildman–Crippen LogP) is 3.24. The molecule has 0 aliphatic carbocycles. The molecule has 1 aliphatic heterocycles. The van der Waals surface area contributed by atoms with E-state index in [0.29, 0.717) is 41.1 Å². The molecule has 2 heterocycles. The van der Waals surface area contributed by atoms with Gasteiger partial charge >= 0.3 is 0 Å². The van der Waals surface area contributed by atoms with Crippen LogP contribution in [0.4, 0.5) is 5.69 Å². The zero-order chi connectivity index (χ0) is 14.4. The van der Waals surface area contributed by atoms with E-state index in [1.165, 1.54) is 0 Å². The van der Waals surface area contributed by atoms with Crippen molar-refractivity contribution in [2.24, 2.45) is 0 Å².